The second-order valence-electron chi connectivity index (χ2n) is 4.89. The number of phenols is 1. The molecule has 3 N–H and O–H groups in total. The van der Waals surface area contributed by atoms with E-state index in [2.05, 4.69) is 0 Å². The molecule has 1 aromatic carbocycles. The quantitative estimate of drug-likeness (QED) is 0.874. The highest BCUT2D eigenvalue weighted by molar-refractivity contribution is 5.97. The van der Waals surface area contributed by atoms with E-state index in [0.29, 0.717) is 13.1 Å². The number of phenolic OH excluding ortho intramolecular Hbond substituents is 1. The van der Waals surface area contributed by atoms with E-state index in [1.807, 2.05) is 0 Å². The Bertz CT molecular complexity index is 465. The van der Waals surface area contributed by atoms with Gasteiger partial charge in [0, 0.05) is 18.7 Å². The van der Waals surface area contributed by atoms with Crippen LogP contribution in [0, 0.1) is 5.82 Å². The van der Waals surface area contributed by atoms with Crippen molar-refractivity contribution in [3.8, 4) is 5.75 Å². The van der Waals surface area contributed by atoms with Crippen LogP contribution in [0.4, 0.5) is 4.39 Å². The predicted molar refractivity (Wildman–Crippen MR) is 70.4 cm³/mol. The molecule has 1 heterocycles. The molecule has 0 bridgehead atoms. The van der Waals surface area contributed by atoms with Gasteiger partial charge in [-0.05, 0) is 44.4 Å². The lowest BCUT2D eigenvalue weighted by molar-refractivity contribution is 0.0726. The minimum absolute atomic E-state index is 0.168. The van der Waals surface area contributed by atoms with Crippen molar-refractivity contribution in [3.63, 3.8) is 0 Å². The number of rotatable bonds is 4. The number of carbonyl (C=O) groups excluding carboxylic acids is 1. The predicted octanol–water partition coefficient (Wildman–Crippen LogP) is 1.87. The van der Waals surface area contributed by atoms with Gasteiger partial charge in [0.25, 0.3) is 5.91 Å². The van der Waals surface area contributed by atoms with Gasteiger partial charge in [0.05, 0.1) is 5.56 Å². The fraction of sp³-hybridized carbons (Fsp3) is 0.500. The molecule has 5 heteroatoms. The Kier molecular flexibility index (Phi) is 4.37. The van der Waals surface area contributed by atoms with Crippen LogP contribution < -0.4 is 5.73 Å². The third kappa shape index (κ3) is 3.04. The maximum Gasteiger partial charge on any atom is 0.257 e. The van der Waals surface area contributed by atoms with E-state index in [9.17, 15) is 14.3 Å². The number of halogens is 1. The van der Waals surface area contributed by atoms with Gasteiger partial charge in [0.2, 0.25) is 0 Å². The molecule has 0 aromatic heterocycles. The largest absolute Gasteiger partial charge is 0.507 e. The van der Waals surface area contributed by atoms with E-state index in [0.717, 1.165) is 31.7 Å². The second kappa shape index (κ2) is 6.02. The number of nitrogens with zero attached hydrogens (tertiary/aromatic N) is 1. The van der Waals surface area contributed by atoms with Gasteiger partial charge >= 0.3 is 0 Å². The maximum atomic E-state index is 12.9. The molecule has 0 aliphatic carbocycles. The summed E-state index contributed by atoms with van der Waals surface area (Å²) >= 11 is 0. The molecule has 19 heavy (non-hydrogen) atoms. The lowest BCUT2D eigenvalue weighted by atomic mass is 10.1. The number of aromatic hydroxyl groups is 1. The van der Waals surface area contributed by atoms with Gasteiger partial charge in [-0.3, -0.25) is 4.79 Å². The first-order valence-electron chi connectivity index (χ1n) is 6.63. The van der Waals surface area contributed by atoms with Crippen molar-refractivity contribution in [3.05, 3.63) is 29.6 Å². The maximum absolute atomic E-state index is 12.9. The van der Waals surface area contributed by atoms with Crippen LogP contribution in [0.15, 0.2) is 18.2 Å². The van der Waals surface area contributed by atoms with Gasteiger partial charge in [-0.2, -0.15) is 0 Å². The average Bonchev–Trinajstić information content (AvgIpc) is 2.83. The Balaban J connectivity index is 2.13. The van der Waals surface area contributed by atoms with Crippen LogP contribution in [0.3, 0.4) is 0 Å². The van der Waals surface area contributed by atoms with Gasteiger partial charge in [0.15, 0.2) is 0 Å². The highest BCUT2D eigenvalue weighted by Crippen LogP contribution is 2.26. The monoisotopic (exact) mass is 266 g/mol. The van der Waals surface area contributed by atoms with Crippen LogP contribution in [0.2, 0.25) is 0 Å². The Morgan fingerprint density at radius 1 is 1.53 bits per heavy atom. The smallest absolute Gasteiger partial charge is 0.257 e. The minimum Gasteiger partial charge on any atom is -0.507 e. The topological polar surface area (TPSA) is 66.6 Å². The molecule has 1 saturated heterocycles. The molecule has 0 saturated carbocycles. The van der Waals surface area contributed by atoms with E-state index in [1.54, 1.807) is 4.90 Å². The Labute approximate surface area is 112 Å². The molecule has 1 aromatic rings. The Morgan fingerprint density at radius 3 is 3.00 bits per heavy atom. The summed E-state index contributed by atoms with van der Waals surface area (Å²) in [7, 11) is 0. The highest BCUT2D eigenvalue weighted by Gasteiger charge is 2.30. The first-order chi connectivity index (χ1) is 9.13. The molecule has 2 rings (SSSR count). The molecule has 0 spiro atoms. The van der Waals surface area contributed by atoms with Crippen LogP contribution in [-0.2, 0) is 0 Å². The Hall–Kier alpha value is -1.62. The summed E-state index contributed by atoms with van der Waals surface area (Å²) in [4.78, 5) is 14.1. The van der Waals surface area contributed by atoms with Crippen molar-refractivity contribution < 1.29 is 14.3 Å². The Morgan fingerprint density at radius 2 is 2.32 bits per heavy atom. The highest BCUT2D eigenvalue weighted by atomic mass is 19.1. The van der Waals surface area contributed by atoms with Crippen LogP contribution in [0.5, 0.6) is 5.75 Å². The lowest BCUT2D eigenvalue weighted by Gasteiger charge is -2.25. The average molecular weight is 266 g/mol. The summed E-state index contributed by atoms with van der Waals surface area (Å²) in [5.74, 6) is -1.07. The van der Waals surface area contributed by atoms with Crippen molar-refractivity contribution >= 4 is 5.91 Å². The summed E-state index contributed by atoms with van der Waals surface area (Å²) in [5.41, 5.74) is 5.66. The molecule has 104 valence electrons. The van der Waals surface area contributed by atoms with Crippen molar-refractivity contribution in [2.75, 3.05) is 13.1 Å². The van der Waals surface area contributed by atoms with Crippen LogP contribution in [0.1, 0.15) is 36.0 Å². The number of hydrogen-bond acceptors (Lipinski definition) is 3. The number of hydrogen-bond donors (Lipinski definition) is 2. The summed E-state index contributed by atoms with van der Waals surface area (Å²) in [6.07, 6.45) is 3.69. The lowest BCUT2D eigenvalue weighted by Crippen LogP contribution is -2.35. The number of likely N-dealkylation sites (tertiary alicyclic amines) is 1. The van der Waals surface area contributed by atoms with Crippen LogP contribution in [-0.4, -0.2) is 35.0 Å². The van der Waals surface area contributed by atoms with Crippen molar-refractivity contribution in [2.45, 2.75) is 31.7 Å². The molecule has 1 aliphatic rings. The molecule has 4 nitrogen and oxygen atoms in total. The molecule has 0 radical (unpaired) electrons. The van der Waals surface area contributed by atoms with Gasteiger partial charge in [-0.25, -0.2) is 4.39 Å². The second-order valence-corrected chi connectivity index (χ2v) is 4.89. The summed E-state index contributed by atoms with van der Waals surface area (Å²) in [6.45, 7) is 1.30. The molecule has 1 atom stereocenters. The van der Waals surface area contributed by atoms with E-state index >= 15 is 0 Å². The zero-order valence-electron chi connectivity index (χ0n) is 10.8. The van der Waals surface area contributed by atoms with Gasteiger partial charge < -0.3 is 15.7 Å². The van der Waals surface area contributed by atoms with Crippen LogP contribution >= 0.6 is 0 Å². The molecule has 1 unspecified atom stereocenters. The first-order valence-corrected chi connectivity index (χ1v) is 6.63. The fourth-order valence-corrected chi connectivity index (χ4v) is 2.60. The minimum atomic E-state index is -0.546. The number of benzene rings is 1. The summed E-state index contributed by atoms with van der Waals surface area (Å²) in [6, 6.07) is 3.68. The number of carbonyl (C=O) groups is 1. The fourth-order valence-electron chi connectivity index (χ4n) is 2.60. The molecule has 1 aliphatic heterocycles. The van der Waals surface area contributed by atoms with E-state index in [-0.39, 0.29) is 23.3 Å². The zero-order valence-corrected chi connectivity index (χ0v) is 10.8. The van der Waals surface area contributed by atoms with E-state index in [4.69, 9.17) is 5.73 Å². The summed E-state index contributed by atoms with van der Waals surface area (Å²) < 4.78 is 12.9. The SMILES string of the molecule is NCCCC1CCCN1C(=O)c1ccc(F)cc1O. The van der Waals surface area contributed by atoms with Crippen molar-refractivity contribution in [1.82, 2.24) is 4.90 Å². The van der Waals surface area contributed by atoms with E-state index in [1.165, 1.54) is 12.1 Å². The van der Waals surface area contributed by atoms with Crippen LogP contribution in [0.25, 0.3) is 0 Å². The van der Waals surface area contributed by atoms with Crippen molar-refractivity contribution in [1.29, 1.82) is 0 Å². The van der Waals surface area contributed by atoms with Gasteiger partial charge in [0.1, 0.15) is 11.6 Å². The zero-order chi connectivity index (χ0) is 13.8. The molecule has 1 amide bonds. The van der Waals surface area contributed by atoms with Gasteiger partial charge in [-0.1, -0.05) is 0 Å². The first kappa shape index (κ1) is 13.8. The third-order valence-corrected chi connectivity index (χ3v) is 3.57. The molecular formula is C14H19FN2O2. The molecule has 1 fully saturated rings. The van der Waals surface area contributed by atoms with Crippen molar-refractivity contribution in [2.24, 2.45) is 5.73 Å². The van der Waals surface area contributed by atoms with E-state index < -0.39 is 5.82 Å². The third-order valence-electron chi connectivity index (χ3n) is 3.57. The standard InChI is InChI=1S/C14H19FN2O2/c15-10-5-6-12(13(18)9-10)14(19)17-8-2-4-11(17)3-1-7-16/h5-6,9,11,18H,1-4,7-8,16H2. The number of amides is 1. The normalized spacial score (nSPS) is 18.8. The summed E-state index contributed by atoms with van der Waals surface area (Å²) in [5, 5.41) is 9.68. The van der Waals surface area contributed by atoms with Gasteiger partial charge in [-0.15, -0.1) is 0 Å². The molecular weight excluding hydrogens is 247 g/mol. The number of nitrogens with two attached hydrogens (primary N) is 1.